The number of morpholine rings is 1. The summed E-state index contributed by atoms with van der Waals surface area (Å²) in [6.07, 6.45) is -3.74. The van der Waals surface area contributed by atoms with Gasteiger partial charge in [-0.05, 0) is 24.1 Å². The molecule has 0 amide bonds. The quantitative estimate of drug-likeness (QED) is 0.857. The summed E-state index contributed by atoms with van der Waals surface area (Å²) in [6.45, 7) is 4.13. The van der Waals surface area contributed by atoms with E-state index in [2.05, 4.69) is 9.64 Å². The van der Waals surface area contributed by atoms with Crippen LogP contribution < -0.4 is 4.74 Å². The molecule has 1 aromatic rings. The predicted octanol–water partition coefficient (Wildman–Crippen LogP) is 2.58. The Balaban J connectivity index is 1.67. The Labute approximate surface area is 126 Å². The summed E-state index contributed by atoms with van der Waals surface area (Å²) in [6, 6.07) is 6.03. The first-order chi connectivity index (χ1) is 10.5. The molecule has 1 atom stereocenters. The molecular weight excluding hydrogens is 299 g/mol. The first kappa shape index (κ1) is 15.6. The molecule has 122 valence electrons. The minimum absolute atomic E-state index is 0.0978. The fourth-order valence-corrected chi connectivity index (χ4v) is 2.99. The zero-order valence-corrected chi connectivity index (χ0v) is 12.1. The minimum atomic E-state index is -4.66. The third kappa shape index (κ3) is 3.53. The first-order valence-corrected chi connectivity index (χ1v) is 7.22. The number of benzene rings is 1. The van der Waals surface area contributed by atoms with Crippen LogP contribution in [0.1, 0.15) is 12.0 Å². The number of alkyl halides is 3. The molecule has 2 saturated heterocycles. The van der Waals surface area contributed by atoms with Gasteiger partial charge in [-0.3, -0.25) is 4.90 Å². The van der Waals surface area contributed by atoms with Crippen LogP contribution in [0.3, 0.4) is 0 Å². The summed E-state index contributed by atoms with van der Waals surface area (Å²) in [5.74, 6) is -0.197. The van der Waals surface area contributed by atoms with Gasteiger partial charge in [0.2, 0.25) is 0 Å². The summed E-state index contributed by atoms with van der Waals surface area (Å²) in [5, 5.41) is 0. The average Bonchev–Trinajstić information content (AvgIpc) is 2.91. The number of nitrogens with zero attached hydrogens (tertiary/aromatic N) is 1. The molecule has 3 rings (SSSR count). The van der Waals surface area contributed by atoms with Gasteiger partial charge in [0, 0.05) is 19.7 Å². The van der Waals surface area contributed by atoms with Gasteiger partial charge in [-0.1, -0.05) is 12.1 Å². The summed E-state index contributed by atoms with van der Waals surface area (Å²) in [7, 11) is 0. The molecule has 0 unspecified atom stereocenters. The van der Waals surface area contributed by atoms with Gasteiger partial charge >= 0.3 is 6.36 Å². The van der Waals surface area contributed by atoms with Crippen molar-refractivity contribution in [2.45, 2.75) is 24.9 Å². The number of hydrogen-bond acceptors (Lipinski definition) is 4. The molecule has 2 aliphatic rings. The van der Waals surface area contributed by atoms with Crippen molar-refractivity contribution in [1.29, 1.82) is 0 Å². The van der Waals surface area contributed by atoms with Gasteiger partial charge in [0.1, 0.15) is 5.75 Å². The standard InChI is InChI=1S/C15H18F3NO3/c16-15(17,18)22-13-3-1-12(2-4-13)9-19-6-8-21-11-14(19)5-7-20-10-14/h1-4H,5-11H2/t14-/m1/s1. The van der Waals surface area contributed by atoms with Crippen LogP contribution in [0.4, 0.5) is 13.2 Å². The van der Waals surface area contributed by atoms with E-state index in [0.29, 0.717) is 26.4 Å². The maximum atomic E-state index is 12.2. The maximum absolute atomic E-state index is 12.2. The van der Waals surface area contributed by atoms with Crippen molar-refractivity contribution in [1.82, 2.24) is 4.90 Å². The first-order valence-electron chi connectivity index (χ1n) is 7.22. The summed E-state index contributed by atoms with van der Waals surface area (Å²) in [5.41, 5.74) is 0.849. The second-order valence-corrected chi connectivity index (χ2v) is 5.69. The molecule has 0 aromatic heterocycles. The van der Waals surface area contributed by atoms with Gasteiger partial charge in [-0.25, -0.2) is 0 Å². The zero-order valence-electron chi connectivity index (χ0n) is 12.1. The van der Waals surface area contributed by atoms with E-state index in [1.807, 2.05) is 0 Å². The van der Waals surface area contributed by atoms with E-state index in [1.54, 1.807) is 12.1 Å². The normalized spacial score (nSPS) is 26.5. The molecule has 0 saturated carbocycles. The summed E-state index contributed by atoms with van der Waals surface area (Å²) >= 11 is 0. The molecular formula is C15H18F3NO3. The Morgan fingerprint density at radius 3 is 2.41 bits per heavy atom. The van der Waals surface area contributed by atoms with E-state index >= 15 is 0 Å². The second kappa shape index (κ2) is 6.06. The Bertz CT molecular complexity index is 498. The Hall–Kier alpha value is -1.31. The molecule has 0 radical (unpaired) electrons. The van der Waals surface area contributed by atoms with Gasteiger partial charge in [0.15, 0.2) is 0 Å². The SMILES string of the molecule is FC(F)(F)Oc1ccc(CN2CCOC[C@]23CCOC3)cc1. The van der Waals surface area contributed by atoms with Crippen LogP contribution in [-0.4, -0.2) is 49.8 Å². The molecule has 2 aliphatic heterocycles. The molecule has 22 heavy (non-hydrogen) atoms. The van der Waals surface area contributed by atoms with Crippen LogP contribution in [0.25, 0.3) is 0 Å². The Morgan fingerprint density at radius 2 is 1.77 bits per heavy atom. The van der Waals surface area contributed by atoms with Crippen LogP contribution in [-0.2, 0) is 16.0 Å². The van der Waals surface area contributed by atoms with E-state index in [-0.39, 0.29) is 11.3 Å². The minimum Gasteiger partial charge on any atom is -0.406 e. The fraction of sp³-hybridized carbons (Fsp3) is 0.600. The number of hydrogen-bond donors (Lipinski definition) is 0. The topological polar surface area (TPSA) is 30.9 Å². The molecule has 1 spiro atoms. The molecule has 0 bridgehead atoms. The molecule has 4 nitrogen and oxygen atoms in total. The van der Waals surface area contributed by atoms with Crippen molar-refractivity contribution >= 4 is 0 Å². The largest absolute Gasteiger partial charge is 0.573 e. The lowest BCUT2D eigenvalue weighted by atomic mass is 9.95. The van der Waals surface area contributed by atoms with Crippen molar-refractivity contribution in [2.75, 3.05) is 33.0 Å². The highest BCUT2D eigenvalue weighted by Gasteiger charge is 2.42. The average molecular weight is 317 g/mol. The van der Waals surface area contributed by atoms with Gasteiger partial charge in [0.25, 0.3) is 0 Å². The Morgan fingerprint density at radius 1 is 1.09 bits per heavy atom. The monoisotopic (exact) mass is 317 g/mol. The lowest BCUT2D eigenvalue weighted by molar-refractivity contribution is -0.274. The van der Waals surface area contributed by atoms with E-state index in [9.17, 15) is 13.2 Å². The van der Waals surface area contributed by atoms with Crippen molar-refractivity contribution < 1.29 is 27.4 Å². The number of halogens is 3. The lowest BCUT2D eigenvalue weighted by Crippen LogP contribution is -2.56. The molecule has 0 aliphatic carbocycles. The molecule has 0 N–H and O–H groups in total. The highest BCUT2D eigenvalue weighted by atomic mass is 19.4. The van der Waals surface area contributed by atoms with Crippen molar-refractivity contribution in [3.8, 4) is 5.75 Å². The maximum Gasteiger partial charge on any atom is 0.573 e. The van der Waals surface area contributed by atoms with Crippen LogP contribution in [0, 0.1) is 0 Å². The van der Waals surface area contributed by atoms with Crippen LogP contribution in [0.2, 0.25) is 0 Å². The van der Waals surface area contributed by atoms with Crippen molar-refractivity contribution in [2.24, 2.45) is 0 Å². The molecule has 1 aromatic carbocycles. The highest BCUT2D eigenvalue weighted by molar-refractivity contribution is 5.27. The number of rotatable bonds is 3. The highest BCUT2D eigenvalue weighted by Crippen LogP contribution is 2.31. The van der Waals surface area contributed by atoms with Crippen LogP contribution in [0.15, 0.2) is 24.3 Å². The van der Waals surface area contributed by atoms with Crippen LogP contribution in [0.5, 0.6) is 5.75 Å². The fourth-order valence-electron chi connectivity index (χ4n) is 2.99. The smallest absolute Gasteiger partial charge is 0.406 e. The van der Waals surface area contributed by atoms with E-state index < -0.39 is 6.36 Å². The van der Waals surface area contributed by atoms with Gasteiger partial charge in [-0.2, -0.15) is 0 Å². The van der Waals surface area contributed by atoms with Crippen LogP contribution >= 0.6 is 0 Å². The van der Waals surface area contributed by atoms with Crippen molar-refractivity contribution in [3.63, 3.8) is 0 Å². The zero-order chi connectivity index (χ0) is 15.6. The van der Waals surface area contributed by atoms with Gasteiger partial charge in [0.05, 0.1) is 25.4 Å². The third-order valence-electron chi connectivity index (χ3n) is 4.16. The van der Waals surface area contributed by atoms with E-state index in [0.717, 1.165) is 25.1 Å². The van der Waals surface area contributed by atoms with Gasteiger partial charge < -0.3 is 14.2 Å². The van der Waals surface area contributed by atoms with Gasteiger partial charge in [-0.15, -0.1) is 13.2 Å². The third-order valence-corrected chi connectivity index (χ3v) is 4.16. The van der Waals surface area contributed by atoms with E-state index in [4.69, 9.17) is 9.47 Å². The molecule has 2 heterocycles. The second-order valence-electron chi connectivity index (χ2n) is 5.69. The summed E-state index contributed by atoms with van der Waals surface area (Å²) < 4.78 is 51.5. The van der Waals surface area contributed by atoms with Crippen molar-refractivity contribution in [3.05, 3.63) is 29.8 Å². The molecule has 2 fully saturated rings. The Kier molecular flexibility index (Phi) is 4.29. The number of ether oxygens (including phenoxy) is 3. The lowest BCUT2D eigenvalue weighted by Gasteiger charge is -2.43. The molecule has 7 heteroatoms. The summed E-state index contributed by atoms with van der Waals surface area (Å²) in [4.78, 5) is 2.31. The van der Waals surface area contributed by atoms with E-state index in [1.165, 1.54) is 12.1 Å². The predicted molar refractivity (Wildman–Crippen MR) is 72.5 cm³/mol.